The molecule has 1 amide bonds. The molecule has 2 aliphatic heterocycles. The number of benzene rings is 1. The number of anilines is 1. The van der Waals surface area contributed by atoms with E-state index in [1.807, 2.05) is 18.2 Å². The Morgan fingerprint density at radius 3 is 2.70 bits per heavy atom. The van der Waals surface area contributed by atoms with Gasteiger partial charge in [0.15, 0.2) is 5.13 Å². The van der Waals surface area contributed by atoms with Gasteiger partial charge in [0.25, 0.3) is 0 Å². The summed E-state index contributed by atoms with van der Waals surface area (Å²) in [5, 5.41) is 1.09. The Hall–Kier alpha value is -2.38. The summed E-state index contributed by atoms with van der Waals surface area (Å²) < 4.78 is 6.71. The summed E-state index contributed by atoms with van der Waals surface area (Å²) in [4.78, 5) is 24.8. The minimum Gasteiger partial charge on any atom is -0.468 e. The van der Waals surface area contributed by atoms with Crippen LogP contribution in [0.15, 0.2) is 47.1 Å². The fourth-order valence-electron chi connectivity index (χ4n) is 4.54. The molecular weight excluding hydrogens is 396 g/mol. The van der Waals surface area contributed by atoms with E-state index in [0.717, 1.165) is 81.5 Å². The lowest BCUT2D eigenvalue weighted by Crippen LogP contribution is -2.43. The van der Waals surface area contributed by atoms with E-state index < -0.39 is 0 Å². The maximum atomic E-state index is 13.2. The number of aromatic nitrogens is 1. The smallest absolute Gasteiger partial charge is 0.225 e. The van der Waals surface area contributed by atoms with Gasteiger partial charge in [0, 0.05) is 45.2 Å². The van der Waals surface area contributed by atoms with Crippen LogP contribution in [0.2, 0.25) is 0 Å². The molecule has 6 nitrogen and oxygen atoms in total. The van der Waals surface area contributed by atoms with Crippen LogP contribution in [0.3, 0.4) is 0 Å². The van der Waals surface area contributed by atoms with Crippen molar-refractivity contribution in [1.29, 1.82) is 0 Å². The van der Waals surface area contributed by atoms with Crippen LogP contribution in [0, 0.1) is 5.92 Å². The molecule has 5 rings (SSSR count). The molecule has 2 aliphatic rings. The van der Waals surface area contributed by atoms with E-state index >= 15 is 0 Å². The summed E-state index contributed by atoms with van der Waals surface area (Å²) >= 11 is 1.75. The van der Waals surface area contributed by atoms with Gasteiger partial charge < -0.3 is 14.2 Å². The highest BCUT2D eigenvalue weighted by molar-refractivity contribution is 7.22. The number of para-hydroxylation sites is 1. The number of hydrogen-bond donors (Lipinski definition) is 0. The molecule has 3 aromatic rings. The minimum absolute atomic E-state index is 0.146. The van der Waals surface area contributed by atoms with Gasteiger partial charge >= 0.3 is 0 Å². The minimum atomic E-state index is 0.146. The Balaban J connectivity index is 1.14. The molecular formula is C23H28N4O2S. The zero-order valence-electron chi connectivity index (χ0n) is 17.2. The Labute approximate surface area is 181 Å². The number of carbonyl (C=O) groups is 1. The monoisotopic (exact) mass is 424 g/mol. The Morgan fingerprint density at radius 2 is 1.90 bits per heavy atom. The SMILES string of the molecule is O=C(C1CCN(c2nc3ccccc3s2)CC1)N1CCCN(Cc2ccco2)CC1. The highest BCUT2D eigenvalue weighted by Gasteiger charge is 2.30. The zero-order chi connectivity index (χ0) is 20.3. The maximum absolute atomic E-state index is 13.2. The van der Waals surface area contributed by atoms with Crippen LogP contribution in [-0.4, -0.2) is 60.0 Å². The van der Waals surface area contributed by atoms with Crippen LogP contribution in [-0.2, 0) is 11.3 Å². The summed E-state index contributed by atoms with van der Waals surface area (Å²) in [5.41, 5.74) is 1.07. The first kappa shape index (κ1) is 19.6. The third-order valence-corrected chi connectivity index (χ3v) is 7.35. The molecule has 0 bridgehead atoms. The van der Waals surface area contributed by atoms with Crippen molar-refractivity contribution in [3.8, 4) is 0 Å². The standard InChI is InChI=1S/C23H28N4O2S/c28-22(26-11-4-10-25(14-15-26)17-19-5-3-16-29-19)18-8-12-27(13-9-18)23-24-20-6-1-2-7-21(20)30-23/h1-3,5-7,16,18H,4,8-15,17H2. The molecule has 7 heteroatoms. The molecule has 158 valence electrons. The number of thiazole rings is 1. The van der Waals surface area contributed by atoms with E-state index in [1.165, 1.54) is 4.70 Å². The summed E-state index contributed by atoms with van der Waals surface area (Å²) in [5.74, 6) is 1.49. The maximum Gasteiger partial charge on any atom is 0.225 e. The van der Waals surface area contributed by atoms with Gasteiger partial charge in [-0.15, -0.1) is 0 Å². The largest absolute Gasteiger partial charge is 0.468 e. The zero-order valence-corrected chi connectivity index (χ0v) is 18.0. The number of rotatable bonds is 4. The molecule has 30 heavy (non-hydrogen) atoms. The lowest BCUT2D eigenvalue weighted by molar-refractivity contribution is -0.136. The third-order valence-electron chi connectivity index (χ3n) is 6.26. The van der Waals surface area contributed by atoms with E-state index in [9.17, 15) is 4.79 Å². The predicted molar refractivity (Wildman–Crippen MR) is 120 cm³/mol. The first-order valence-electron chi connectivity index (χ1n) is 10.9. The number of hydrogen-bond acceptors (Lipinski definition) is 6. The van der Waals surface area contributed by atoms with Gasteiger partial charge in [-0.1, -0.05) is 23.5 Å². The molecule has 0 saturated carbocycles. The molecule has 0 N–H and O–H groups in total. The molecule has 2 saturated heterocycles. The fourth-order valence-corrected chi connectivity index (χ4v) is 5.56. The van der Waals surface area contributed by atoms with E-state index in [0.29, 0.717) is 5.91 Å². The molecule has 0 atom stereocenters. The summed E-state index contributed by atoms with van der Waals surface area (Å²) in [7, 11) is 0. The van der Waals surface area contributed by atoms with E-state index in [2.05, 4.69) is 32.9 Å². The molecule has 1 aromatic carbocycles. The van der Waals surface area contributed by atoms with Gasteiger partial charge in [-0.2, -0.15) is 0 Å². The normalized spacial score (nSPS) is 19.3. The van der Waals surface area contributed by atoms with Crippen molar-refractivity contribution in [2.75, 3.05) is 44.2 Å². The number of fused-ring (bicyclic) bond motifs is 1. The molecule has 2 aromatic heterocycles. The van der Waals surface area contributed by atoms with Crippen LogP contribution < -0.4 is 4.90 Å². The van der Waals surface area contributed by atoms with Crippen LogP contribution in [0.1, 0.15) is 25.0 Å². The lowest BCUT2D eigenvalue weighted by atomic mass is 9.95. The Kier molecular flexibility index (Phi) is 5.73. The van der Waals surface area contributed by atoms with Crippen molar-refractivity contribution in [3.05, 3.63) is 48.4 Å². The number of amides is 1. The predicted octanol–water partition coefficient (Wildman–Crippen LogP) is 3.84. The van der Waals surface area contributed by atoms with Gasteiger partial charge in [-0.05, 0) is 43.5 Å². The fraction of sp³-hybridized carbons (Fsp3) is 0.478. The number of nitrogens with zero attached hydrogens (tertiary/aromatic N) is 4. The summed E-state index contributed by atoms with van der Waals surface area (Å²) in [6, 6.07) is 12.2. The van der Waals surface area contributed by atoms with Crippen LogP contribution in [0.5, 0.6) is 0 Å². The summed E-state index contributed by atoms with van der Waals surface area (Å²) in [6.45, 7) is 6.26. The first-order chi connectivity index (χ1) is 14.8. The van der Waals surface area contributed by atoms with Crippen molar-refractivity contribution in [2.24, 2.45) is 5.92 Å². The second-order valence-corrected chi connectivity index (χ2v) is 9.27. The lowest BCUT2D eigenvalue weighted by Gasteiger charge is -2.33. The Bertz CT molecular complexity index is 945. The van der Waals surface area contributed by atoms with Crippen molar-refractivity contribution >= 4 is 32.6 Å². The van der Waals surface area contributed by atoms with Crippen LogP contribution in [0.4, 0.5) is 5.13 Å². The van der Waals surface area contributed by atoms with Gasteiger partial charge in [0.05, 0.1) is 23.0 Å². The molecule has 0 unspecified atom stereocenters. The number of piperidine rings is 1. The molecule has 0 aliphatic carbocycles. The van der Waals surface area contributed by atoms with E-state index in [-0.39, 0.29) is 5.92 Å². The highest BCUT2D eigenvalue weighted by Crippen LogP contribution is 2.31. The third kappa shape index (κ3) is 4.23. The average Bonchev–Trinajstić information content (AvgIpc) is 3.39. The highest BCUT2D eigenvalue weighted by atomic mass is 32.1. The molecule has 2 fully saturated rings. The second-order valence-electron chi connectivity index (χ2n) is 8.26. The van der Waals surface area contributed by atoms with E-state index in [1.54, 1.807) is 17.6 Å². The molecule has 4 heterocycles. The van der Waals surface area contributed by atoms with Crippen LogP contribution >= 0.6 is 11.3 Å². The van der Waals surface area contributed by atoms with Crippen molar-refractivity contribution in [2.45, 2.75) is 25.8 Å². The topological polar surface area (TPSA) is 52.8 Å². The van der Waals surface area contributed by atoms with E-state index in [4.69, 9.17) is 9.40 Å². The van der Waals surface area contributed by atoms with Crippen molar-refractivity contribution in [3.63, 3.8) is 0 Å². The number of furan rings is 1. The van der Waals surface area contributed by atoms with Crippen LogP contribution in [0.25, 0.3) is 10.2 Å². The second kappa shape index (κ2) is 8.78. The molecule has 0 radical (unpaired) electrons. The Morgan fingerprint density at radius 1 is 1.03 bits per heavy atom. The summed E-state index contributed by atoms with van der Waals surface area (Å²) in [6.07, 6.45) is 4.59. The van der Waals surface area contributed by atoms with Crippen molar-refractivity contribution in [1.82, 2.24) is 14.8 Å². The first-order valence-corrected chi connectivity index (χ1v) is 11.7. The van der Waals surface area contributed by atoms with Gasteiger partial charge in [-0.3, -0.25) is 9.69 Å². The molecule has 0 spiro atoms. The van der Waals surface area contributed by atoms with Crippen molar-refractivity contribution < 1.29 is 9.21 Å². The number of carbonyl (C=O) groups excluding carboxylic acids is 1. The quantitative estimate of drug-likeness (QED) is 0.637. The average molecular weight is 425 g/mol. The van der Waals surface area contributed by atoms with Gasteiger partial charge in [0.2, 0.25) is 5.91 Å². The van der Waals surface area contributed by atoms with Gasteiger partial charge in [0.1, 0.15) is 5.76 Å². The van der Waals surface area contributed by atoms with Gasteiger partial charge in [-0.25, -0.2) is 4.98 Å².